The predicted octanol–water partition coefficient (Wildman–Crippen LogP) is 2.17. The molecule has 5 aliphatic rings. The van der Waals surface area contributed by atoms with Crippen LogP contribution in [0.5, 0.6) is 0 Å². The van der Waals surface area contributed by atoms with Crippen LogP contribution in [0.25, 0.3) is 0 Å². The number of rotatable bonds is 0. The Morgan fingerprint density at radius 2 is 1.75 bits per heavy atom. The number of carbonyl (C=O) groups is 3. The maximum Gasteiger partial charge on any atom is 0.335 e. The smallest absolute Gasteiger partial charge is 0.335 e. The van der Waals surface area contributed by atoms with Gasteiger partial charge in [0.25, 0.3) is 0 Å². The summed E-state index contributed by atoms with van der Waals surface area (Å²) in [5.74, 6) is -2.34. The van der Waals surface area contributed by atoms with Gasteiger partial charge in [0.1, 0.15) is 18.3 Å². The first-order valence-electron chi connectivity index (χ1n) is 12.7. The molecule has 2 aliphatic carbocycles. The standard InChI is InChI=1S/C27H34O9/c1-16-8-10-26-14-33-24(31)23(30)17(2)9-11-32-21(28)6-4-5-7-22(29)36-18-13-20(35-19(26)12-16)27(15-34-27)25(18,26)3/h4-7,12,17-20,23,30H,8-11,13-15H2,1-3H3/b6-4-,7-5-/t17-,18-,19-,20-,23+,25-,26-,27-/m1/s1. The topological polar surface area (TPSA) is 121 Å². The van der Waals surface area contributed by atoms with Gasteiger partial charge >= 0.3 is 17.9 Å². The van der Waals surface area contributed by atoms with E-state index in [4.69, 9.17) is 23.7 Å². The van der Waals surface area contributed by atoms with Crippen LogP contribution in [-0.2, 0) is 38.1 Å². The summed E-state index contributed by atoms with van der Waals surface area (Å²) in [6, 6.07) is 0. The number of epoxide rings is 1. The van der Waals surface area contributed by atoms with Gasteiger partial charge in [-0.15, -0.1) is 0 Å². The summed E-state index contributed by atoms with van der Waals surface area (Å²) in [5.41, 5.74) is -0.820. The number of carbonyl (C=O) groups excluding carboxylic acids is 3. The fraction of sp³-hybridized carbons (Fsp3) is 0.667. The fourth-order valence-corrected chi connectivity index (χ4v) is 6.65. The zero-order valence-corrected chi connectivity index (χ0v) is 20.9. The third kappa shape index (κ3) is 3.83. The number of allylic oxidation sites excluding steroid dienone is 3. The molecule has 0 amide bonds. The minimum absolute atomic E-state index is 0.00000344. The Hall–Kier alpha value is -2.49. The lowest BCUT2D eigenvalue weighted by molar-refractivity contribution is -0.234. The van der Waals surface area contributed by atoms with Gasteiger partial charge in [-0.1, -0.05) is 37.6 Å². The van der Waals surface area contributed by atoms with Crippen molar-refractivity contribution in [2.45, 2.75) is 76.5 Å². The zero-order chi connectivity index (χ0) is 25.7. The van der Waals surface area contributed by atoms with E-state index < -0.39 is 52.5 Å². The van der Waals surface area contributed by atoms with Crippen molar-refractivity contribution in [3.8, 4) is 0 Å². The highest BCUT2D eigenvalue weighted by molar-refractivity contribution is 5.84. The van der Waals surface area contributed by atoms with Crippen LogP contribution in [0.1, 0.15) is 46.5 Å². The molecule has 0 aromatic carbocycles. The molecule has 1 saturated carbocycles. The molecule has 2 spiro atoms. The average molecular weight is 503 g/mol. The van der Waals surface area contributed by atoms with Crippen LogP contribution in [0.2, 0.25) is 0 Å². The van der Waals surface area contributed by atoms with Crippen molar-refractivity contribution in [3.05, 3.63) is 36.0 Å². The van der Waals surface area contributed by atoms with Crippen molar-refractivity contribution in [2.24, 2.45) is 16.7 Å². The van der Waals surface area contributed by atoms with Gasteiger partial charge in [-0.25, -0.2) is 14.4 Å². The fourth-order valence-electron chi connectivity index (χ4n) is 6.65. The second-order valence-electron chi connectivity index (χ2n) is 11.0. The van der Waals surface area contributed by atoms with Crippen LogP contribution < -0.4 is 0 Å². The Morgan fingerprint density at radius 3 is 2.47 bits per heavy atom. The molecule has 9 heteroatoms. The molecule has 8 atom stereocenters. The molecule has 3 fully saturated rings. The van der Waals surface area contributed by atoms with Gasteiger partial charge < -0.3 is 28.8 Å². The minimum atomic E-state index is -1.37. The number of hydrogen-bond acceptors (Lipinski definition) is 9. The van der Waals surface area contributed by atoms with Gasteiger partial charge in [-0.3, -0.25) is 0 Å². The van der Waals surface area contributed by atoms with Gasteiger partial charge in [0.2, 0.25) is 0 Å². The number of cyclic esters (lactones) is 2. The summed E-state index contributed by atoms with van der Waals surface area (Å²) in [6.07, 6.45) is 7.11. The molecule has 0 unspecified atom stereocenters. The van der Waals surface area contributed by atoms with Gasteiger partial charge in [0.15, 0.2) is 6.10 Å². The summed E-state index contributed by atoms with van der Waals surface area (Å²) in [5, 5.41) is 10.6. The monoisotopic (exact) mass is 502 g/mol. The highest BCUT2D eigenvalue weighted by Crippen LogP contribution is 2.72. The Balaban J connectivity index is 1.52. The van der Waals surface area contributed by atoms with Crippen LogP contribution in [0.4, 0.5) is 0 Å². The lowest BCUT2D eigenvalue weighted by Gasteiger charge is -2.58. The third-order valence-corrected chi connectivity index (χ3v) is 9.12. The van der Waals surface area contributed by atoms with Crippen LogP contribution >= 0.6 is 0 Å². The van der Waals surface area contributed by atoms with E-state index in [9.17, 15) is 19.5 Å². The molecule has 3 heterocycles. The molecule has 9 nitrogen and oxygen atoms in total. The summed E-state index contributed by atoms with van der Waals surface area (Å²) < 4.78 is 29.6. The van der Waals surface area contributed by atoms with Crippen LogP contribution in [0.15, 0.2) is 36.0 Å². The van der Waals surface area contributed by atoms with E-state index in [0.29, 0.717) is 19.4 Å². The first-order chi connectivity index (χ1) is 17.1. The molecule has 1 N–H and O–H groups in total. The molecular formula is C27H34O9. The van der Waals surface area contributed by atoms with Gasteiger partial charge in [0, 0.05) is 24.0 Å². The highest BCUT2D eigenvalue weighted by atomic mass is 16.6. The zero-order valence-electron chi connectivity index (χ0n) is 20.9. The van der Waals surface area contributed by atoms with E-state index in [1.165, 1.54) is 29.9 Å². The lowest BCUT2D eigenvalue weighted by atomic mass is 9.51. The van der Waals surface area contributed by atoms with E-state index >= 15 is 0 Å². The Labute approximate surface area is 210 Å². The molecular weight excluding hydrogens is 468 g/mol. The van der Waals surface area contributed by atoms with Crippen molar-refractivity contribution in [2.75, 3.05) is 19.8 Å². The van der Waals surface area contributed by atoms with Gasteiger partial charge in [-0.05, 0) is 32.1 Å². The molecule has 36 heavy (non-hydrogen) atoms. The predicted molar refractivity (Wildman–Crippen MR) is 125 cm³/mol. The molecule has 2 saturated heterocycles. The molecule has 0 radical (unpaired) electrons. The average Bonchev–Trinajstić information content (AvgIpc) is 3.62. The minimum Gasteiger partial charge on any atom is -0.463 e. The van der Waals surface area contributed by atoms with Crippen LogP contribution in [0, 0.1) is 16.7 Å². The largest absolute Gasteiger partial charge is 0.463 e. The van der Waals surface area contributed by atoms with Crippen molar-refractivity contribution < 1.29 is 43.2 Å². The van der Waals surface area contributed by atoms with Crippen LogP contribution in [0.3, 0.4) is 0 Å². The van der Waals surface area contributed by atoms with Gasteiger partial charge in [-0.2, -0.15) is 0 Å². The van der Waals surface area contributed by atoms with Crippen molar-refractivity contribution in [1.82, 2.24) is 0 Å². The Bertz CT molecular complexity index is 1020. The number of aliphatic hydroxyl groups is 1. The Morgan fingerprint density at radius 1 is 1.03 bits per heavy atom. The lowest BCUT2D eigenvalue weighted by Crippen LogP contribution is -2.66. The first kappa shape index (κ1) is 25.2. The summed E-state index contributed by atoms with van der Waals surface area (Å²) in [6.45, 7) is 6.34. The summed E-state index contributed by atoms with van der Waals surface area (Å²) >= 11 is 0. The van der Waals surface area contributed by atoms with E-state index in [0.717, 1.165) is 6.42 Å². The van der Waals surface area contributed by atoms with E-state index in [2.05, 4.69) is 19.9 Å². The third-order valence-electron chi connectivity index (χ3n) is 9.12. The number of hydrogen-bond donors (Lipinski definition) is 1. The molecule has 196 valence electrons. The Kier molecular flexibility index (Phi) is 6.37. The van der Waals surface area contributed by atoms with E-state index in [-0.39, 0.29) is 31.8 Å². The number of aliphatic hydroxyl groups excluding tert-OH is 1. The first-order valence-corrected chi connectivity index (χ1v) is 12.7. The van der Waals surface area contributed by atoms with E-state index in [1.54, 1.807) is 6.92 Å². The quantitative estimate of drug-likeness (QED) is 0.230. The highest BCUT2D eigenvalue weighted by Gasteiger charge is 2.83. The summed E-state index contributed by atoms with van der Waals surface area (Å²) in [4.78, 5) is 37.6. The molecule has 0 aromatic rings. The SMILES string of the molecule is CC1=C[C@H]2O[C@@H]3C[C@H]4OC(=O)/C=C\C=C/C(=O)OCC[C@@H](C)[C@H](O)C(=O)OC[C@@]2(CC1)[C@]4(C)[C@@]31CO1. The molecule has 0 aromatic heterocycles. The van der Waals surface area contributed by atoms with Crippen LogP contribution in [-0.4, -0.2) is 72.9 Å². The van der Waals surface area contributed by atoms with Gasteiger partial charge in [0.05, 0.1) is 30.8 Å². The maximum atomic E-state index is 12.9. The molecule has 2 bridgehead atoms. The second-order valence-corrected chi connectivity index (χ2v) is 11.0. The summed E-state index contributed by atoms with van der Waals surface area (Å²) in [7, 11) is 0. The second kappa shape index (κ2) is 9.11. The molecule has 5 rings (SSSR count). The van der Waals surface area contributed by atoms with Crippen molar-refractivity contribution in [3.63, 3.8) is 0 Å². The normalized spacial score (nSPS) is 46.8. The molecule has 3 aliphatic heterocycles. The van der Waals surface area contributed by atoms with Crippen molar-refractivity contribution >= 4 is 17.9 Å². The van der Waals surface area contributed by atoms with Crippen molar-refractivity contribution in [1.29, 1.82) is 0 Å². The maximum absolute atomic E-state index is 12.9. The number of esters is 3. The van der Waals surface area contributed by atoms with E-state index in [1.807, 2.05) is 0 Å². The number of ether oxygens (including phenoxy) is 5.